The Balaban J connectivity index is 2.02. The Labute approximate surface area is 141 Å². The number of hydrogen-bond donors (Lipinski definition) is 2. The van der Waals surface area contributed by atoms with Crippen LogP contribution in [0.5, 0.6) is 5.75 Å². The number of methoxy groups -OCH3 is 1. The smallest absolute Gasteiger partial charge is 0.201 e. The molecule has 3 aromatic rings. The molecule has 4 N–H and O–H groups in total. The largest absolute Gasteiger partial charge is 0.495 e. The number of imidazole rings is 1. The first-order chi connectivity index (χ1) is 11.6. The van der Waals surface area contributed by atoms with Gasteiger partial charge in [-0.15, -0.1) is 0 Å². The van der Waals surface area contributed by atoms with E-state index in [1.165, 1.54) is 5.56 Å². The number of hydrogen-bond acceptors (Lipinski definition) is 5. The molecule has 0 fully saturated rings. The molecule has 0 unspecified atom stereocenters. The van der Waals surface area contributed by atoms with Crippen LogP contribution in [0.4, 0.5) is 5.95 Å². The van der Waals surface area contributed by atoms with Gasteiger partial charge in [0.1, 0.15) is 11.4 Å². The first-order valence-corrected chi connectivity index (χ1v) is 8.07. The zero-order valence-corrected chi connectivity index (χ0v) is 14.1. The molecule has 0 aliphatic rings. The van der Waals surface area contributed by atoms with Crippen LogP contribution in [0.1, 0.15) is 23.4 Å². The molecule has 2 aromatic heterocycles. The van der Waals surface area contributed by atoms with E-state index in [0.29, 0.717) is 19.0 Å². The average molecular weight is 325 g/mol. The van der Waals surface area contributed by atoms with Crippen molar-refractivity contribution in [3.05, 3.63) is 47.3 Å². The number of anilines is 1. The second kappa shape index (κ2) is 6.88. The number of pyridine rings is 1. The van der Waals surface area contributed by atoms with Crippen LogP contribution in [0.3, 0.4) is 0 Å². The minimum absolute atomic E-state index is 0.478. The number of nitrogens with two attached hydrogens (primary N) is 2. The van der Waals surface area contributed by atoms with Gasteiger partial charge in [0.25, 0.3) is 0 Å². The lowest BCUT2D eigenvalue weighted by Gasteiger charge is -2.11. The van der Waals surface area contributed by atoms with Gasteiger partial charge in [-0.05, 0) is 56.1 Å². The van der Waals surface area contributed by atoms with E-state index in [0.717, 1.165) is 41.0 Å². The van der Waals surface area contributed by atoms with Crippen molar-refractivity contribution in [2.75, 3.05) is 19.4 Å². The van der Waals surface area contributed by atoms with E-state index in [2.05, 4.69) is 22.1 Å². The minimum Gasteiger partial charge on any atom is -0.495 e. The van der Waals surface area contributed by atoms with Gasteiger partial charge in [0.05, 0.1) is 24.7 Å². The summed E-state index contributed by atoms with van der Waals surface area (Å²) in [6, 6.07) is 10.1. The van der Waals surface area contributed by atoms with Crippen molar-refractivity contribution in [2.45, 2.75) is 26.3 Å². The number of nitrogen functional groups attached to an aromatic ring is 1. The summed E-state index contributed by atoms with van der Waals surface area (Å²) >= 11 is 0. The third kappa shape index (κ3) is 3.19. The number of rotatable bonds is 6. The van der Waals surface area contributed by atoms with E-state index in [-0.39, 0.29) is 0 Å². The molecule has 0 aliphatic carbocycles. The lowest BCUT2D eigenvalue weighted by Crippen LogP contribution is -2.08. The van der Waals surface area contributed by atoms with Gasteiger partial charge in [0.15, 0.2) is 0 Å². The Bertz CT molecular complexity index is 856. The summed E-state index contributed by atoms with van der Waals surface area (Å²) in [5.41, 5.74) is 16.7. The van der Waals surface area contributed by atoms with Gasteiger partial charge in [-0.25, -0.2) is 4.98 Å². The fraction of sp³-hybridized carbons (Fsp3) is 0.333. The molecule has 0 saturated heterocycles. The normalized spacial score (nSPS) is 11.1. The highest BCUT2D eigenvalue weighted by molar-refractivity contribution is 5.79. The quantitative estimate of drug-likeness (QED) is 0.725. The van der Waals surface area contributed by atoms with Crippen molar-refractivity contribution in [3.63, 3.8) is 0 Å². The van der Waals surface area contributed by atoms with Gasteiger partial charge < -0.3 is 20.8 Å². The molecule has 0 amide bonds. The summed E-state index contributed by atoms with van der Waals surface area (Å²) in [5.74, 6) is 1.23. The van der Waals surface area contributed by atoms with Crippen molar-refractivity contribution in [1.82, 2.24) is 14.5 Å². The Morgan fingerprint density at radius 3 is 2.75 bits per heavy atom. The van der Waals surface area contributed by atoms with Crippen LogP contribution in [0.15, 0.2) is 30.3 Å². The SMILES string of the molecule is COc1ccc(C)nc1Cn1c(N)nc2ccc(CCCN)cc21. The predicted molar refractivity (Wildman–Crippen MR) is 96.1 cm³/mol. The summed E-state index contributed by atoms with van der Waals surface area (Å²) in [6.45, 7) is 3.17. The highest BCUT2D eigenvalue weighted by Gasteiger charge is 2.13. The number of fused-ring (bicyclic) bond motifs is 1. The maximum Gasteiger partial charge on any atom is 0.201 e. The number of aryl methyl sites for hydroxylation is 2. The van der Waals surface area contributed by atoms with E-state index >= 15 is 0 Å². The Kier molecular flexibility index (Phi) is 4.66. The molecule has 3 rings (SSSR count). The van der Waals surface area contributed by atoms with E-state index in [4.69, 9.17) is 16.2 Å². The highest BCUT2D eigenvalue weighted by Crippen LogP contribution is 2.24. The zero-order valence-electron chi connectivity index (χ0n) is 14.1. The average Bonchev–Trinajstić information content (AvgIpc) is 2.88. The minimum atomic E-state index is 0.478. The third-order valence-electron chi connectivity index (χ3n) is 4.11. The number of aromatic nitrogens is 3. The molecule has 1 aromatic carbocycles. The molecule has 0 radical (unpaired) electrons. The molecular weight excluding hydrogens is 302 g/mol. The molecule has 0 aliphatic heterocycles. The van der Waals surface area contributed by atoms with E-state index in [1.807, 2.05) is 29.7 Å². The molecule has 24 heavy (non-hydrogen) atoms. The van der Waals surface area contributed by atoms with Crippen LogP contribution >= 0.6 is 0 Å². The second-order valence-corrected chi connectivity index (χ2v) is 5.87. The van der Waals surface area contributed by atoms with Crippen LogP contribution in [-0.2, 0) is 13.0 Å². The molecule has 0 saturated carbocycles. The summed E-state index contributed by atoms with van der Waals surface area (Å²) in [5, 5.41) is 0. The molecule has 0 bridgehead atoms. The van der Waals surface area contributed by atoms with Gasteiger partial charge in [-0.2, -0.15) is 0 Å². The first kappa shape index (κ1) is 16.3. The molecule has 6 heteroatoms. The summed E-state index contributed by atoms with van der Waals surface area (Å²) in [4.78, 5) is 9.05. The van der Waals surface area contributed by atoms with Gasteiger partial charge in [0, 0.05) is 5.69 Å². The standard InChI is InChI=1S/C18H23N5O/c1-12-5-8-17(24-2)15(21-12)11-23-16-10-13(4-3-9-19)6-7-14(16)22-18(23)20/h5-8,10H,3-4,9,11,19H2,1-2H3,(H2,20,22). The Hall–Kier alpha value is -2.60. The number of benzene rings is 1. The molecule has 2 heterocycles. The summed E-state index contributed by atoms with van der Waals surface area (Å²) < 4.78 is 7.40. The summed E-state index contributed by atoms with van der Waals surface area (Å²) in [7, 11) is 1.65. The van der Waals surface area contributed by atoms with E-state index in [9.17, 15) is 0 Å². The topological polar surface area (TPSA) is 92.0 Å². The van der Waals surface area contributed by atoms with Crippen molar-refractivity contribution >= 4 is 17.0 Å². The molecule has 126 valence electrons. The maximum atomic E-state index is 6.14. The van der Waals surface area contributed by atoms with Crippen molar-refractivity contribution in [1.29, 1.82) is 0 Å². The predicted octanol–water partition coefficient (Wildman–Crippen LogP) is 2.27. The van der Waals surface area contributed by atoms with Gasteiger partial charge in [0.2, 0.25) is 5.95 Å². The lowest BCUT2D eigenvalue weighted by atomic mass is 10.1. The fourth-order valence-electron chi connectivity index (χ4n) is 2.86. The maximum absolute atomic E-state index is 6.14. The second-order valence-electron chi connectivity index (χ2n) is 5.87. The van der Waals surface area contributed by atoms with Gasteiger partial charge in [-0.1, -0.05) is 6.07 Å². The van der Waals surface area contributed by atoms with Crippen molar-refractivity contribution < 1.29 is 4.74 Å². The van der Waals surface area contributed by atoms with E-state index in [1.54, 1.807) is 7.11 Å². The fourth-order valence-corrected chi connectivity index (χ4v) is 2.86. The monoisotopic (exact) mass is 325 g/mol. The van der Waals surface area contributed by atoms with Crippen LogP contribution in [0.25, 0.3) is 11.0 Å². The highest BCUT2D eigenvalue weighted by atomic mass is 16.5. The van der Waals surface area contributed by atoms with Crippen LogP contribution in [0.2, 0.25) is 0 Å². The Morgan fingerprint density at radius 1 is 1.17 bits per heavy atom. The van der Waals surface area contributed by atoms with Gasteiger partial charge >= 0.3 is 0 Å². The van der Waals surface area contributed by atoms with Gasteiger partial charge in [-0.3, -0.25) is 4.98 Å². The van der Waals surface area contributed by atoms with Crippen LogP contribution in [0, 0.1) is 6.92 Å². The first-order valence-electron chi connectivity index (χ1n) is 8.07. The molecule has 6 nitrogen and oxygen atoms in total. The zero-order chi connectivity index (χ0) is 17.1. The molecule has 0 spiro atoms. The molecule has 0 atom stereocenters. The Morgan fingerprint density at radius 2 is 2.00 bits per heavy atom. The lowest BCUT2D eigenvalue weighted by molar-refractivity contribution is 0.405. The number of ether oxygens (including phenoxy) is 1. The molecular formula is C18H23N5O. The van der Waals surface area contributed by atoms with Crippen LogP contribution < -0.4 is 16.2 Å². The number of nitrogens with zero attached hydrogens (tertiary/aromatic N) is 3. The van der Waals surface area contributed by atoms with Crippen LogP contribution in [-0.4, -0.2) is 28.2 Å². The van der Waals surface area contributed by atoms with Crippen molar-refractivity contribution in [2.24, 2.45) is 5.73 Å². The van der Waals surface area contributed by atoms with E-state index < -0.39 is 0 Å². The summed E-state index contributed by atoms with van der Waals surface area (Å²) in [6.07, 6.45) is 1.91. The van der Waals surface area contributed by atoms with Crippen molar-refractivity contribution in [3.8, 4) is 5.75 Å². The third-order valence-corrected chi connectivity index (χ3v) is 4.11.